The van der Waals surface area contributed by atoms with E-state index < -0.39 is 5.24 Å². The van der Waals surface area contributed by atoms with E-state index in [2.05, 4.69) is 36.4 Å². The van der Waals surface area contributed by atoms with Gasteiger partial charge in [-0.1, -0.05) is 60.7 Å². The third kappa shape index (κ3) is 4.53. The van der Waals surface area contributed by atoms with Crippen molar-refractivity contribution in [3.05, 3.63) is 95.1 Å². The van der Waals surface area contributed by atoms with Gasteiger partial charge in [0.05, 0.1) is 0 Å². The Labute approximate surface area is 199 Å². The molecule has 0 saturated carbocycles. The van der Waals surface area contributed by atoms with Crippen molar-refractivity contribution in [1.29, 1.82) is 0 Å². The molecule has 0 unspecified atom stereocenters. The van der Waals surface area contributed by atoms with Crippen LogP contribution < -0.4 is 0 Å². The summed E-state index contributed by atoms with van der Waals surface area (Å²) in [4.78, 5) is 25.9. The number of rotatable bonds is 5. The van der Waals surface area contributed by atoms with Crippen LogP contribution in [0.15, 0.2) is 72.8 Å². The molecule has 0 N–H and O–H groups in total. The maximum Gasteiger partial charge on any atom is 0.409 e. The van der Waals surface area contributed by atoms with Gasteiger partial charge in [-0.2, -0.15) is 0 Å². The van der Waals surface area contributed by atoms with Gasteiger partial charge < -0.3 is 9.64 Å². The van der Waals surface area contributed by atoms with Gasteiger partial charge in [0.1, 0.15) is 6.61 Å². The van der Waals surface area contributed by atoms with Crippen LogP contribution >= 0.6 is 11.6 Å². The zero-order valence-corrected chi connectivity index (χ0v) is 19.1. The number of likely N-dealkylation sites (tertiary alicyclic amines) is 1. The molecule has 0 radical (unpaired) electrons. The number of ether oxygens (including phenoxy) is 1. The minimum Gasteiger partial charge on any atom is -0.448 e. The molecule has 4 nitrogen and oxygen atoms in total. The summed E-state index contributed by atoms with van der Waals surface area (Å²) in [6.07, 6.45) is 2.61. The Morgan fingerprint density at radius 3 is 2.00 bits per heavy atom. The number of hydrogen-bond acceptors (Lipinski definition) is 3. The number of carbonyl (C=O) groups is 2. The molecular formula is C28H26ClNO3. The van der Waals surface area contributed by atoms with E-state index >= 15 is 0 Å². The van der Waals surface area contributed by atoms with E-state index in [1.807, 2.05) is 29.2 Å². The molecule has 1 aliphatic carbocycles. The molecule has 2 aliphatic rings. The Hall–Kier alpha value is -3.11. The normalized spacial score (nSPS) is 15.7. The molecule has 0 atom stereocenters. The van der Waals surface area contributed by atoms with Crippen molar-refractivity contribution in [2.45, 2.75) is 25.2 Å². The Bertz CT molecular complexity index is 1120. The fourth-order valence-corrected chi connectivity index (χ4v) is 5.24. The topological polar surface area (TPSA) is 46.6 Å². The molecule has 5 heteroatoms. The minimum absolute atomic E-state index is 0.0849. The standard InChI is InChI=1S/C28H26ClNO3/c29-27(31)21-11-9-19(10-12-21)17-20-13-15-30(16-14-20)28(32)33-18-26-24-7-3-1-5-22(24)23-6-2-4-8-25(23)26/h1-12,20,26H,13-18H2. The number of carbonyl (C=O) groups excluding carboxylic acids is 2. The largest absolute Gasteiger partial charge is 0.448 e. The van der Waals surface area contributed by atoms with E-state index in [1.165, 1.54) is 27.8 Å². The van der Waals surface area contributed by atoms with Crippen molar-refractivity contribution in [2.24, 2.45) is 5.92 Å². The summed E-state index contributed by atoms with van der Waals surface area (Å²) in [5, 5.41) is -0.432. The molecule has 1 heterocycles. The van der Waals surface area contributed by atoms with Crippen LogP contribution in [0.2, 0.25) is 0 Å². The molecular weight excluding hydrogens is 434 g/mol. The Morgan fingerprint density at radius 2 is 1.42 bits per heavy atom. The molecule has 3 aromatic carbocycles. The summed E-state index contributed by atoms with van der Waals surface area (Å²) in [5.74, 6) is 0.599. The van der Waals surface area contributed by atoms with Crippen LogP contribution in [0.5, 0.6) is 0 Å². The number of hydrogen-bond donors (Lipinski definition) is 0. The van der Waals surface area contributed by atoms with Crippen LogP contribution in [0, 0.1) is 5.92 Å². The lowest BCUT2D eigenvalue weighted by Gasteiger charge is -2.31. The predicted molar refractivity (Wildman–Crippen MR) is 130 cm³/mol. The average Bonchev–Trinajstić information content (AvgIpc) is 3.17. The minimum atomic E-state index is -0.432. The molecule has 5 rings (SSSR count). The van der Waals surface area contributed by atoms with Crippen molar-refractivity contribution < 1.29 is 14.3 Å². The summed E-state index contributed by atoms with van der Waals surface area (Å²) in [6, 6.07) is 24.2. The first-order valence-corrected chi connectivity index (χ1v) is 11.9. The summed E-state index contributed by atoms with van der Waals surface area (Å²) in [6.45, 7) is 1.78. The monoisotopic (exact) mass is 459 g/mol. The second-order valence-electron chi connectivity index (χ2n) is 8.91. The van der Waals surface area contributed by atoms with Gasteiger partial charge in [-0.25, -0.2) is 4.79 Å². The highest BCUT2D eigenvalue weighted by molar-refractivity contribution is 6.67. The number of piperidine rings is 1. The van der Waals surface area contributed by atoms with Gasteiger partial charge in [0.15, 0.2) is 0 Å². The molecule has 1 saturated heterocycles. The molecule has 0 aromatic heterocycles. The first kappa shape index (κ1) is 21.7. The Kier molecular flexibility index (Phi) is 6.19. The zero-order chi connectivity index (χ0) is 22.8. The predicted octanol–water partition coefficient (Wildman–Crippen LogP) is 6.27. The lowest BCUT2D eigenvalue weighted by atomic mass is 9.90. The second kappa shape index (κ2) is 9.40. The third-order valence-electron chi connectivity index (χ3n) is 6.91. The van der Waals surface area contributed by atoms with E-state index in [1.54, 1.807) is 12.1 Å². The average molecular weight is 460 g/mol. The van der Waals surface area contributed by atoms with Gasteiger partial charge in [-0.3, -0.25) is 4.79 Å². The number of benzene rings is 3. The quantitative estimate of drug-likeness (QED) is 0.422. The summed E-state index contributed by atoms with van der Waals surface area (Å²) in [5.41, 5.74) is 6.64. The maximum absolute atomic E-state index is 12.8. The SMILES string of the molecule is O=C(Cl)c1ccc(CC2CCN(C(=O)OCC3c4ccccc4-c4ccccc43)CC2)cc1. The highest BCUT2D eigenvalue weighted by Gasteiger charge is 2.30. The molecule has 1 fully saturated rings. The van der Waals surface area contributed by atoms with Gasteiger partial charge in [-0.15, -0.1) is 0 Å². The zero-order valence-electron chi connectivity index (χ0n) is 18.4. The van der Waals surface area contributed by atoms with Crippen LogP contribution in [-0.2, 0) is 11.2 Å². The molecule has 168 valence electrons. The van der Waals surface area contributed by atoms with Gasteiger partial charge in [0, 0.05) is 24.6 Å². The van der Waals surface area contributed by atoms with Crippen LogP contribution in [0.3, 0.4) is 0 Å². The number of amides is 1. The molecule has 0 bridgehead atoms. The molecule has 0 spiro atoms. The lowest BCUT2D eigenvalue weighted by molar-refractivity contribution is 0.0855. The van der Waals surface area contributed by atoms with Gasteiger partial charge in [0.25, 0.3) is 5.24 Å². The fourth-order valence-electron chi connectivity index (χ4n) is 5.11. The van der Waals surface area contributed by atoms with Crippen LogP contribution in [0.25, 0.3) is 11.1 Å². The molecule has 1 aliphatic heterocycles. The van der Waals surface area contributed by atoms with Gasteiger partial charge >= 0.3 is 6.09 Å². The van der Waals surface area contributed by atoms with Gasteiger partial charge in [0.2, 0.25) is 0 Å². The molecule has 33 heavy (non-hydrogen) atoms. The highest BCUT2D eigenvalue weighted by atomic mass is 35.5. The first-order chi connectivity index (χ1) is 16.1. The molecule has 1 amide bonds. The summed E-state index contributed by atoms with van der Waals surface area (Å²) in [7, 11) is 0. The van der Waals surface area contributed by atoms with Crippen LogP contribution in [0.1, 0.15) is 45.8 Å². The van der Waals surface area contributed by atoms with E-state index in [9.17, 15) is 9.59 Å². The number of nitrogens with zero attached hydrogens (tertiary/aromatic N) is 1. The van der Waals surface area contributed by atoms with Gasteiger partial charge in [-0.05, 0) is 76.7 Å². The smallest absolute Gasteiger partial charge is 0.409 e. The fraction of sp³-hybridized carbons (Fsp3) is 0.286. The number of fused-ring (bicyclic) bond motifs is 3. The Balaban J connectivity index is 1.15. The summed E-state index contributed by atoms with van der Waals surface area (Å²) < 4.78 is 5.81. The van der Waals surface area contributed by atoms with Crippen molar-refractivity contribution in [2.75, 3.05) is 19.7 Å². The Morgan fingerprint density at radius 1 is 0.848 bits per heavy atom. The van der Waals surface area contributed by atoms with E-state index in [0.717, 1.165) is 19.3 Å². The second-order valence-corrected chi connectivity index (χ2v) is 9.25. The first-order valence-electron chi connectivity index (χ1n) is 11.5. The highest BCUT2D eigenvalue weighted by Crippen LogP contribution is 2.44. The van der Waals surface area contributed by atoms with E-state index in [0.29, 0.717) is 31.2 Å². The van der Waals surface area contributed by atoms with Crippen molar-refractivity contribution >= 4 is 22.9 Å². The van der Waals surface area contributed by atoms with Crippen LogP contribution in [-0.4, -0.2) is 35.9 Å². The van der Waals surface area contributed by atoms with Crippen LogP contribution in [0.4, 0.5) is 4.79 Å². The summed E-state index contributed by atoms with van der Waals surface area (Å²) >= 11 is 5.52. The molecule has 3 aromatic rings. The van der Waals surface area contributed by atoms with Crippen molar-refractivity contribution in [1.82, 2.24) is 4.90 Å². The van der Waals surface area contributed by atoms with Crippen molar-refractivity contribution in [3.8, 4) is 11.1 Å². The van der Waals surface area contributed by atoms with E-state index in [4.69, 9.17) is 16.3 Å². The number of halogens is 1. The maximum atomic E-state index is 12.8. The lowest BCUT2D eigenvalue weighted by Crippen LogP contribution is -2.39. The van der Waals surface area contributed by atoms with E-state index in [-0.39, 0.29) is 12.0 Å². The van der Waals surface area contributed by atoms with Crippen molar-refractivity contribution in [3.63, 3.8) is 0 Å². The third-order valence-corrected chi connectivity index (χ3v) is 7.13.